The normalized spacial score (nSPS) is 16.2. The minimum absolute atomic E-state index is 0.0955. The number of allylic oxidation sites excluding steroid dienone is 8. The van der Waals surface area contributed by atoms with Crippen molar-refractivity contribution >= 4 is 61.3 Å². The van der Waals surface area contributed by atoms with Crippen LogP contribution in [-0.2, 0) is 47.1 Å². The summed E-state index contributed by atoms with van der Waals surface area (Å²) in [5.74, 6) is -0.0150. The monoisotopic (exact) mass is 961 g/mol. The zero-order chi connectivity index (χ0) is 49.3. The predicted octanol–water partition coefficient (Wildman–Crippen LogP) is 8.84. The first-order chi connectivity index (χ1) is 32.2. The van der Waals surface area contributed by atoms with E-state index < -0.39 is 31.1 Å². The van der Waals surface area contributed by atoms with Crippen LogP contribution in [-0.4, -0.2) is 79.3 Å². The van der Waals surface area contributed by atoms with Gasteiger partial charge in [-0.2, -0.15) is 21.4 Å². The molecule has 4 aromatic carbocycles. The van der Waals surface area contributed by atoms with Crippen molar-refractivity contribution in [2.24, 2.45) is 0 Å². The summed E-state index contributed by atoms with van der Waals surface area (Å²) in [6.07, 6.45) is 20.2. The second-order valence-corrected chi connectivity index (χ2v) is 20.7. The van der Waals surface area contributed by atoms with Crippen molar-refractivity contribution in [2.45, 2.75) is 87.3 Å². The van der Waals surface area contributed by atoms with Gasteiger partial charge in [-0.3, -0.25) is 18.7 Å². The minimum Gasteiger partial charge on any atom is -0.508 e. The van der Waals surface area contributed by atoms with E-state index in [4.69, 9.17) is 0 Å². The standard InChI is InChI=1S/C53H60N4O9S2/c1-6-56-46-30-28-42(67(61,62)63)36-44(46)52(2,3)48(56)15-11-8-7-9-12-16-49-53(4,5)45-37-43(68(64,65)66)29-31-47(45)57(49)34-14-10-13-17-50(59)54-32-33-55-51(60)35-40-22-20-38(21-23-40)18-19-39-24-26-41(58)27-25-39/h7-9,11-12,15-16,18-31,36-37H,6,10,13-14,17,32-35H2,1-5H3,(H4-,54,55,58,59,60,61,62,63,64,65,66)/p+1/b19-18+. The van der Waals surface area contributed by atoms with Crippen molar-refractivity contribution < 1.29 is 45.2 Å². The van der Waals surface area contributed by atoms with Crippen LogP contribution in [0.2, 0.25) is 0 Å². The van der Waals surface area contributed by atoms with E-state index >= 15 is 0 Å². The van der Waals surface area contributed by atoms with E-state index in [1.54, 1.807) is 24.3 Å². The molecule has 2 aliphatic heterocycles. The van der Waals surface area contributed by atoms with E-state index in [2.05, 4.69) is 20.1 Å². The molecule has 358 valence electrons. The highest BCUT2D eigenvalue weighted by Gasteiger charge is 2.44. The number of nitrogens with one attached hydrogen (secondary N) is 2. The first kappa shape index (κ1) is 51.0. The maximum atomic E-state index is 12.7. The number of carbonyl (C=O) groups excluding carboxylic acids is 2. The molecule has 0 aromatic heterocycles. The van der Waals surface area contributed by atoms with Crippen molar-refractivity contribution in [3.63, 3.8) is 0 Å². The minimum atomic E-state index is -4.42. The number of phenols is 1. The quantitative estimate of drug-likeness (QED) is 0.0188. The highest BCUT2D eigenvalue weighted by Crippen LogP contribution is 2.48. The Labute approximate surface area is 400 Å². The molecule has 5 N–H and O–H groups in total. The maximum absolute atomic E-state index is 12.7. The molecule has 0 unspecified atom stereocenters. The molecule has 6 rings (SSSR count). The molecule has 2 heterocycles. The van der Waals surface area contributed by atoms with Gasteiger partial charge < -0.3 is 20.6 Å². The fourth-order valence-electron chi connectivity index (χ4n) is 8.69. The summed E-state index contributed by atoms with van der Waals surface area (Å²) in [5, 5.41) is 15.2. The third-order valence-corrected chi connectivity index (χ3v) is 14.1. The first-order valence-electron chi connectivity index (χ1n) is 22.7. The molecule has 0 bridgehead atoms. The van der Waals surface area contributed by atoms with Crippen LogP contribution in [0.15, 0.2) is 143 Å². The molecule has 0 fully saturated rings. The Balaban J connectivity index is 0.988. The first-order valence-corrected chi connectivity index (χ1v) is 25.6. The summed E-state index contributed by atoms with van der Waals surface area (Å²) >= 11 is 0. The van der Waals surface area contributed by atoms with Crippen LogP contribution in [0.1, 0.15) is 88.1 Å². The molecule has 13 nitrogen and oxygen atoms in total. The number of hydrogen-bond acceptors (Lipinski definition) is 8. The number of nitrogens with zero attached hydrogens (tertiary/aromatic N) is 2. The highest BCUT2D eigenvalue weighted by atomic mass is 32.2. The molecule has 0 aliphatic carbocycles. The summed E-state index contributed by atoms with van der Waals surface area (Å²) in [4.78, 5) is 27.1. The lowest BCUT2D eigenvalue weighted by atomic mass is 9.81. The lowest BCUT2D eigenvalue weighted by Crippen LogP contribution is -2.35. The van der Waals surface area contributed by atoms with Crippen LogP contribution in [0.25, 0.3) is 12.2 Å². The van der Waals surface area contributed by atoms with E-state index in [1.165, 1.54) is 24.3 Å². The number of unbranched alkanes of at least 4 members (excludes halogenated alkanes) is 2. The number of anilines is 1. The Bertz CT molecular complexity index is 2930. The molecular formula is C53H61N4O9S2+. The molecule has 0 radical (unpaired) electrons. The van der Waals surface area contributed by atoms with Crippen molar-refractivity contribution in [1.82, 2.24) is 10.6 Å². The lowest BCUT2D eigenvalue weighted by Gasteiger charge is -2.27. The summed E-state index contributed by atoms with van der Waals surface area (Å²) in [6.45, 7) is 12.0. The molecule has 0 spiro atoms. The largest absolute Gasteiger partial charge is 0.508 e. The Morgan fingerprint density at radius 1 is 0.662 bits per heavy atom. The fraction of sp³-hybridized carbons (Fsp3) is 0.302. The van der Waals surface area contributed by atoms with E-state index in [1.807, 2.05) is 126 Å². The summed E-state index contributed by atoms with van der Waals surface area (Å²) < 4.78 is 69.6. The van der Waals surface area contributed by atoms with Gasteiger partial charge in [0, 0.05) is 60.6 Å². The van der Waals surface area contributed by atoms with Crippen molar-refractivity contribution in [3.05, 3.63) is 161 Å². The van der Waals surface area contributed by atoms with Gasteiger partial charge in [0.2, 0.25) is 17.5 Å². The average Bonchev–Trinajstić information content (AvgIpc) is 3.64. The fourth-order valence-corrected chi connectivity index (χ4v) is 9.71. The van der Waals surface area contributed by atoms with Crippen molar-refractivity contribution in [2.75, 3.05) is 31.1 Å². The van der Waals surface area contributed by atoms with E-state index in [0.29, 0.717) is 39.0 Å². The number of benzene rings is 4. The van der Waals surface area contributed by atoms with Crippen LogP contribution < -0.4 is 15.5 Å². The number of phenolic OH excluding ortho intramolecular Hbond substituents is 1. The third kappa shape index (κ3) is 12.6. The third-order valence-electron chi connectivity index (χ3n) is 12.4. The Hall–Kier alpha value is -6.39. The van der Waals surface area contributed by atoms with Crippen molar-refractivity contribution in [1.29, 1.82) is 0 Å². The van der Waals surface area contributed by atoms with Crippen LogP contribution >= 0.6 is 0 Å². The summed E-state index contributed by atoms with van der Waals surface area (Å²) in [7, 11) is -8.77. The Morgan fingerprint density at radius 3 is 1.87 bits per heavy atom. The summed E-state index contributed by atoms with van der Waals surface area (Å²) in [6, 6.07) is 24.0. The Kier molecular flexibility index (Phi) is 16.3. The molecule has 15 heteroatoms. The van der Waals surface area contributed by atoms with Crippen LogP contribution in [0, 0.1) is 0 Å². The molecular weight excluding hydrogens is 901 g/mol. The predicted molar refractivity (Wildman–Crippen MR) is 269 cm³/mol. The summed E-state index contributed by atoms with van der Waals surface area (Å²) in [5.41, 5.74) is 6.95. The van der Waals surface area contributed by atoms with Crippen LogP contribution in [0.5, 0.6) is 5.75 Å². The second kappa shape index (κ2) is 21.7. The number of rotatable bonds is 20. The molecule has 0 atom stereocenters. The van der Waals surface area contributed by atoms with Gasteiger partial charge in [0.05, 0.1) is 21.6 Å². The van der Waals surface area contributed by atoms with Gasteiger partial charge in [0.1, 0.15) is 12.3 Å². The number of aromatic hydroxyl groups is 1. The zero-order valence-electron chi connectivity index (χ0n) is 39.1. The van der Waals surface area contributed by atoms with Crippen LogP contribution in [0.3, 0.4) is 0 Å². The van der Waals surface area contributed by atoms with Gasteiger partial charge in [0.15, 0.2) is 5.71 Å². The Morgan fingerprint density at radius 2 is 1.24 bits per heavy atom. The highest BCUT2D eigenvalue weighted by molar-refractivity contribution is 7.86. The molecule has 0 saturated carbocycles. The maximum Gasteiger partial charge on any atom is 0.294 e. The van der Waals surface area contributed by atoms with Gasteiger partial charge in [-0.05, 0) is 104 Å². The number of fused-ring (bicyclic) bond motifs is 2. The molecule has 4 aromatic rings. The smallest absolute Gasteiger partial charge is 0.294 e. The topological polar surface area (TPSA) is 193 Å². The van der Waals surface area contributed by atoms with Gasteiger partial charge in [-0.15, -0.1) is 0 Å². The van der Waals surface area contributed by atoms with Gasteiger partial charge >= 0.3 is 0 Å². The number of carbonyl (C=O) groups is 2. The number of hydrogen-bond donors (Lipinski definition) is 5. The van der Waals surface area contributed by atoms with Gasteiger partial charge in [0.25, 0.3) is 20.2 Å². The molecule has 2 amide bonds. The molecule has 0 saturated heterocycles. The SMILES string of the molecule is CC[N+]1=C(/C=C/C=C/C=C/C=C2/N(CCCCCC(=O)NCCNC(=O)Cc3ccc(/C=C/c4ccc(O)cc4)cc3)c3ccc(S(=O)(=O)O)cc3C2(C)C)C(C)(C)c2cc(S(=O)(=O)O)ccc21. The molecule has 68 heavy (non-hydrogen) atoms. The number of amides is 2. The second-order valence-electron chi connectivity index (χ2n) is 17.9. The van der Waals surface area contributed by atoms with Crippen molar-refractivity contribution in [3.8, 4) is 5.75 Å². The lowest BCUT2D eigenvalue weighted by molar-refractivity contribution is -0.433. The van der Waals surface area contributed by atoms with Crippen LogP contribution in [0.4, 0.5) is 11.4 Å². The zero-order valence-corrected chi connectivity index (χ0v) is 40.8. The van der Waals surface area contributed by atoms with Gasteiger partial charge in [-0.1, -0.05) is 99.2 Å². The van der Waals surface area contributed by atoms with E-state index in [9.17, 15) is 40.6 Å². The van der Waals surface area contributed by atoms with E-state index in [0.717, 1.165) is 63.4 Å². The average molecular weight is 962 g/mol. The van der Waals surface area contributed by atoms with Gasteiger partial charge in [-0.25, -0.2) is 0 Å². The van der Waals surface area contributed by atoms with E-state index in [-0.39, 0.29) is 33.8 Å². The molecule has 2 aliphatic rings.